The highest BCUT2D eigenvalue weighted by atomic mass is 127. The zero-order chi connectivity index (χ0) is 21.4. The maximum Gasteiger partial charge on any atom is 0.242 e. The van der Waals surface area contributed by atoms with Gasteiger partial charge >= 0.3 is 0 Å². The van der Waals surface area contributed by atoms with Crippen LogP contribution < -0.4 is 10.6 Å². The summed E-state index contributed by atoms with van der Waals surface area (Å²) in [4.78, 5) is 4.91. The monoisotopic (exact) mass is 544 g/mol. The molecular weight excluding hydrogens is 511 g/mol. The molecular formula is C22H33IN4O2S. The van der Waals surface area contributed by atoms with Crippen molar-refractivity contribution in [3.63, 3.8) is 0 Å². The maximum atomic E-state index is 12.2. The van der Waals surface area contributed by atoms with E-state index in [4.69, 9.17) is 0 Å². The van der Waals surface area contributed by atoms with Gasteiger partial charge in [-0.15, -0.1) is 24.0 Å². The minimum Gasteiger partial charge on any atom is -0.357 e. The van der Waals surface area contributed by atoms with Crippen LogP contribution in [-0.4, -0.2) is 45.9 Å². The predicted octanol–water partition coefficient (Wildman–Crippen LogP) is 3.72. The number of nitrogens with one attached hydrogen (secondary N) is 2. The van der Waals surface area contributed by atoms with Crippen molar-refractivity contribution in [2.45, 2.75) is 38.1 Å². The number of halogens is 1. The van der Waals surface area contributed by atoms with Crippen LogP contribution in [0.5, 0.6) is 0 Å². The highest BCUT2D eigenvalue weighted by Gasteiger charge is 2.16. The van der Waals surface area contributed by atoms with E-state index < -0.39 is 10.0 Å². The molecule has 2 N–H and O–H groups in total. The molecule has 0 aliphatic carbocycles. The molecule has 2 aromatic carbocycles. The van der Waals surface area contributed by atoms with Crippen LogP contribution >= 0.6 is 24.0 Å². The molecule has 0 heterocycles. The van der Waals surface area contributed by atoms with Crippen molar-refractivity contribution in [1.82, 2.24) is 14.9 Å². The number of aliphatic imine (C=N–C) groups is 1. The lowest BCUT2D eigenvalue weighted by atomic mass is 9.99. The topological polar surface area (TPSA) is 73.8 Å². The fraction of sp³-hybridized carbons (Fsp3) is 0.409. The second-order valence-electron chi connectivity index (χ2n) is 7.32. The lowest BCUT2D eigenvalue weighted by molar-refractivity contribution is 0.520. The molecule has 0 amide bonds. The smallest absolute Gasteiger partial charge is 0.242 e. The molecule has 0 fully saturated rings. The van der Waals surface area contributed by atoms with E-state index in [1.165, 1.54) is 29.5 Å². The third kappa shape index (κ3) is 7.55. The Balaban J connectivity index is 0.00000450. The molecule has 0 saturated carbocycles. The summed E-state index contributed by atoms with van der Waals surface area (Å²) in [5.74, 6) is 1.10. The number of nitrogens with zero attached hydrogens (tertiary/aromatic N) is 2. The first-order chi connectivity index (χ1) is 13.7. The minimum atomic E-state index is -3.41. The summed E-state index contributed by atoms with van der Waals surface area (Å²) in [7, 11) is -0.353. The molecule has 166 valence electrons. The van der Waals surface area contributed by atoms with Crippen LogP contribution in [0.2, 0.25) is 0 Å². The normalized spacial score (nSPS) is 12.9. The summed E-state index contributed by atoms with van der Waals surface area (Å²) in [6, 6.07) is 15.4. The van der Waals surface area contributed by atoms with E-state index in [9.17, 15) is 8.42 Å². The fourth-order valence-electron chi connectivity index (χ4n) is 2.83. The number of benzene rings is 2. The molecule has 0 radical (unpaired) electrons. The predicted molar refractivity (Wildman–Crippen MR) is 135 cm³/mol. The molecule has 2 aromatic rings. The van der Waals surface area contributed by atoms with Crippen molar-refractivity contribution in [3.8, 4) is 0 Å². The number of hydrogen-bond acceptors (Lipinski definition) is 3. The number of guanidine groups is 1. The average molecular weight is 545 g/mol. The minimum absolute atomic E-state index is 0. The van der Waals surface area contributed by atoms with Crippen molar-refractivity contribution in [1.29, 1.82) is 0 Å². The van der Waals surface area contributed by atoms with Gasteiger partial charge in [-0.3, -0.25) is 0 Å². The Bertz CT molecular complexity index is 928. The summed E-state index contributed by atoms with van der Waals surface area (Å²) >= 11 is 0. The summed E-state index contributed by atoms with van der Waals surface area (Å²) < 4.78 is 25.5. The molecule has 0 spiro atoms. The Morgan fingerprint density at radius 3 is 2.33 bits per heavy atom. The van der Waals surface area contributed by atoms with Gasteiger partial charge in [0.15, 0.2) is 5.96 Å². The van der Waals surface area contributed by atoms with Gasteiger partial charge in [0.1, 0.15) is 0 Å². The zero-order valence-corrected chi connectivity index (χ0v) is 21.5. The molecule has 0 aromatic heterocycles. The van der Waals surface area contributed by atoms with Crippen LogP contribution in [0.1, 0.15) is 36.5 Å². The Labute approximate surface area is 198 Å². The summed E-state index contributed by atoms with van der Waals surface area (Å²) in [5, 5.41) is 6.65. The van der Waals surface area contributed by atoms with Crippen LogP contribution in [-0.2, 0) is 16.6 Å². The lowest BCUT2D eigenvalue weighted by Crippen LogP contribution is -2.39. The maximum absolute atomic E-state index is 12.2. The molecule has 6 nitrogen and oxygen atoms in total. The van der Waals surface area contributed by atoms with Gasteiger partial charge in [0.05, 0.1) is 11.4 Å². The van der Waals surface area contributed by atoms with Crippen LogP contribution in [0, 0.1) is 6.92 Å². The third-order valence-corrected chi connectivity index (χ3v) is 6.48. The van der Waals surface area contributed by atoms with Gasteiger partial charge in [0.25, 0.3) is 0 Å². The number of sulfonamides is 1. The molecule has 2 rings (SSSR count). The van der Waals surface area contributed by atoms with Crippen molar-refractivity contribution in [2.24, 2.45) is 4.99 Å². The second kappa shape index (κ2) is 12.3. The van der Waals surface area contributed by atoms with Crippen molar-refractivity contribution in [3.05, 3.63) is 65.2 Å². The molecule has 0 bridgehead atoms. The Hall–Kier alpha value is -1.65. The summed E-state index contributed by atoms with van der Waals surface area (Å²) in [6.07, 6.45) is 0. The van der Waals surface area contributed by atoms with Gasteiger partial charge < -0.3 is 10.6 Å². The van der Waals surface area contributed by atoms with E-state index in [1.54, 1.807) is 24.3 Å². The quantitative estimate of drug-likeness (QED) is 0.302. The van der Waals surface area contributed by atoms with Gasteiger partial charge in [-0.2, -0.15) is 0 Å². The van der Waals surface area contributed by atoms with Gasteiger partial charge in [-0.25, -0.2) is 17.7 Å². The largest absolute Gasteiger partial charge is 0.357 e. The van der Waals surface area contributed by atoms with Gasteiger partial charge in [-0.1, -0.05) is 48.9 Å². The van der Waals surface area contributed by atoms with Crippen LogP contribution in [0.15, 0.2) is 58.4 Å². The highest BCUT2D eigenvalue weighted by Crippen LogP contribution is 2.16. The highest BCUT2D eigenvalue weighted by molar-refractivity contribution is 14.0. The second-order valence-corrected chi connectivity index (χ2v) is 9.47. The van der Waals surface area contributed by atoms with E-state index in [1.807, 2.05) is 6.92 Å². The number of aryl methyl sites for hydroxylation is 1. The fourth-order valence-corrected chi connectivity index (χ4v) is 3.74. The van der Waals surface area contributed by atoms with E-state index in [-0.39, 0.29) is 28.9 Å². The SMILES string of the molecule is CCNC(=NCc1ccc(S(=O)(=O)N(C)C)cc1)NCC(C)c1cccc(C)c1.I. The molecule has 1 atom stereocenters. The molecule has 30 heavy (non-hydrogen) atoms. The van der Waals surface area contributed by atoms with Crippen LogP contribution in [0.25, 0.3) is 0 Å². The third-order valence-electron chi connectivity index (χ3n) is 4.65. The molecule has 1 unspecified atom stereocenters. The van der Waals surface area contributed by atoms with E-state index >= 15 is 0 Å². The standard InChI is InChI=1S/C22H32N4O2S.HI/c1-6-23-22(24-15-18(3)20-9-7-8-17(2)14-20)25-16-19-10-12-21(13-11-19)29(27,28)26(4)5;/h7-14,18H,6,15-16H2,1-5H3,(H2,23,24,25);1H. The van der Waals surface area contributed by atoms with Gasteiger partial charge in [0.2, 0.25) is 10.0 Å². The first-order valence-electron chi connectivity index (χ1n) is 9.84. The number of hydrogen-bond donors (Lipinski definition) is 2. The lowest BCUT2D eigenvalue weighted by Gasteiger charge is -2.17. The summed E-state index contributed by atoms with van der Waals surface area (Å²) in [5.41, 5.74) is 3.51. The van der Waals surface area contributed by atoms with Gasteiger partial charge in [0, 0.05) is 27.2 Å². The molecule has 0 aliphatic rings. The van der Waals surface area contributed by atoms with Crippen LogP contribution in [0.4, 0.5) is 0 Å². The first-order valence-corrected chi connectivity index (χ1v) is 11.3. The van der Waals surface area contributed by atoms with Gasteiger partial charge in [-0.05, 0) is 43.0 Å². The van der Waals surface area contributed by atoms with Crippen molar-refractivity contribution >= 4 is 40.0 Å². The molecule has 0 saturated heterocycles. The van der Waals surface area contributed by atoms with E-state index in [0.717, 1.165) is 24.6 Å². The molecule has 0 aliphatic heterocycles. The van der Waals surface area contributed by atoms with Crippen molar-refractivity contribution in [2.75, 3.05) is 27.2 Å². The molecule has 8 heteroatoms. The number of rotatable bonds is 8. The Morgan fingerprint density at radius 1 is 1.10 bits per heavy atom. The average Bonchev–Trinajstić information content (AvgIpc) is 2.70. The Kier molecular flexibility index (Phi) is 10.8. The first kappa shape index (κ1) is 26.4. The Morgan fingerprint density at radius 2 is 1.77 bits per heavy atom. The van der Waals surface area contributed by atoms with Crippen LogP contribution in [0.3, 0.4) is 0 Å². The van der Waals surface area contributed by atoms with Crippen molar-refractivity contribution < 1.29 is 8.42 Å². The van der Waals surface area contributed by atoms with E-state index in [0.29, 0.717) is 12.5 Å². The summed E-state index contributed by atoms with van der Waals surface area (Å²) in [6.45, 7) is 8.33. The zero-order valence-electron chi connectivity index (χ0n) is 18.3. The van der Waals surface area contributed by atoms with E-state index in [2.05, 4.69) is 53.7 Å².